The maximum atomic E-state index is 11.8. The summed E-state index contributed by atoms with van der Waals surface area (Å²) < 4.78 is 23.6. The van der Waals surface area contributed by atoms with Crippen molar-refractivity contribution in [2.45, 2.75) is 18.2 Å². The van der Waals surface area contributed by atoms with Crippen molar-refractivity contribution in [3.63, 3.8) is 0 Å². The van der Waals surface area contributed by atoms with Crippen LogP contribution in [-0.4, -0.2) is 30.9 Å². The van der Waals surface area contributed by atoms with Gasteiger partial charge < -0.3 is 10.1 Å². The van der Waals surface area contributed by atoms with Crippen LogP contribution in [0.5, 0.6) is 0 Å². The molecule has 2 N–H and O–H groups in total. The maximum Gasteiger partial charge on any atom is 0.178 e. The predicted octanol–water partition coefficient (Wildman–Crippen LogP) is 1.50. The van der Waals surface area contributed by atoms with E-state index < -0.39 is 9.84 Å². The minimum Gasteiger partial charge on any atom is -0.396 e. The van der Waals surface area contributed by atoms with Crippen molar-refractivity contribution >= 4 is 20.7 Å². The highest BCUT2D eigenvalue weighted by atomic mass is 32.2. The summed E-state index contributed by atoms with van der Waals surface area (Å²) in [6.45, 7) is 1.68. The fourth-order valence-corrected chi connectivity index (χ4v) is 2.75. The molecule has 1 heterocycles. The average molecular weight is 253 g/mol. The number of aromatic amines is 1. The number of sulfone groups is 1. The molecule has 0 atom stereocenters. The van der Waals surface area contributed by atoms with Gasteiger partial charge in [-0.25, -0.2) is 8.42 Å². The van der Waals surface area contributed by atoms with Crippen molar-refractivity contribution in [3.05, 3.63) is 30.0 Å². The quantitative estimate of drug-likeness (QED) is 0.867. The molecular weight excluding hydrogens is 238 g/mol. The van der Waals surface area contributed by atoms with Crippen LogP contribution < -0.4 is 0 Å². The molecule has 0 aliphatic carbocycles. The van der Waals surface area contributed by atoms with Gasteiger partial charge in [0.25, 0.3) is 0 Å². The van der Waals surface area contributed by atoms with Gasteiger partial charge >= 0.3 is 0 Å². The molecule has 0 unspecified atom stereocenters. The van der Waals surface area contributed by atoms with Gasteiger partial charge in [-0.3, -0.25) is 0 Å². The molecular formula is C12H15NO3S. The van der Waals surface area contributed by atoms with E-state index >= 15 is 0 Å². The molecule has 4 nitrogen and oxygen atoms in total. The Morgan fingerprint density at radius 3 is 2.76 bits per heavy atom. The second-order valence-electron chi connectivity index (χ2n) is 3.90. The predicted molar refractivity (Wildman–Crippen MR) is 66.8 cm³/mol. The van der Waals surface area contributed by atoms with Crippen LogP contribution >= 0.6 is 0 Å². The summed E-state index contributed by atoms with van der Waals surface area (Å²) in [4.78, 5) is 3.40. The Morgan fingerprint density at radius 1 is 1.35 bits per heavy atom. The second-order valence-corrected chi connectivity index (χ2v) is 6.18. The summed E-state index contributed by atoms with van der Waals surface area (Å²) >= 11 is 0. The van der Waals surface area contributed by atoms with E-state index in [4.69, 9.17) is 5.11 Å². The summed E-state index contributed by atoms with van der Waals surface area (Å²) in [6, 6.07) is 5.05. The van der Waals surface area contributed by atoms with Crippen molar-refractivity contribution < 1.29 is 13.5 Å². The molecule has 2 aromatic rings. The molecule has 0 aliphatic heterocycles. The lowest BCUT2D eigenvalue weighted by molar-refractivity contribution is 0.300. The molecule has 0 aliphatic rings. The number of H-pyrrole nitrogens is 1. The van der Waals surface area contributed by atoms with Crippen LogP contribution in [0.4, 0.5) is 0 Å². The Labute approximate surface area is 100 Å². The highest BCUT2D eigenvalue weighted by Gasteiger charge is 2.13. The highest BCUT2D eigenvalue weighted by molar-refractivity contribution is 7.91. The SMILES string of the molecule is CCS(=O)(=O)c1ccc2[nH]cc(CCO)c2c1. The standard InChI is InChI=1S/C12H15NO3S/c1-2-17(15,16)10-3-4-12-11(7-10)9(5-6-14)8-13-12/h3-4,7-8,13-14H,2,5-6H2,1H3. The monoisotopic (exact) mass is 253 g/mol. The van der Waals surface area contributed by atoms with E-state index in [1.165, 1.54) is 0 Å². The van der Waals surface area contributed by atoms with Crippen molar-refractivity contribution in [2.75, 3.05) is 12.4 Å². The molecule has 1 aromatic carbocycles. The molecule has 1 aromatic heterocycles. The molecule has 0 bridgehead atoms. The van der Waals surface area contributed by atoms with E-state index in [0.717, 1.165) is 16.5 Å². The Kier molecular flexibility index (Phi) is 3.22. The zero-order chi connectivity index (χ0) is 12.5. The van der Waals surface area contributed by atoms with Gasteiger partial charge in [-0.1, -0.05) is 6.92 Å². The van der Waals surface area contributed by atoms with Gasteiger partial charge in [0.15, 0.2) is 9.84 Å². The summed E-state index contributed by atoms with van der Waals surface area (Å²) in [6.07, 6.45) is 2.33. The van der Waals surface area contributed by atoms with E-state index in [1.807, 2.05) is 6.20 Å². The number of aliphatic hydroxyl groups excluding tert-OH is 1. The largest absolute Gasteiger partial charge is 0.396 e. The van der Waals surface area contributed by atoms with Crippen LogP contribution in [0, 0.1) is 0 Å². The van der Waals surface area contributed by atoms with E-state index in [2.05, 4.69) is 4.98 Å². The number of fused-ring (bicyclic) bond motifs is 1. The van der Waals surface area contributed by atoms with Crippen molar-refractivity contribution in [1.82, 2.24) is 4.98 Å². The first-order chi connectivity index (χ1) is 8.08. The minimum atomic E-state index is -3.18. The number of aromatic nitrogens is 1. The zero-order valence-corrected chi connectivity index (χ0v) is 10.4. The third-order valence-corrected chi connectivity index (χ3v) is 4.59. The Hall–Kier alpha value is -1.33. The molecule has 17 heavy (non-hydrogen) atoms. The Bertz CT molecular complexity index is 628. The van der Waals surface area contributed by atoms with Crippen molar-refractivity contribution in [2.24, 2.45) is 0 Å². The van der Waals surface area contributed by atoms with Crippen LogP contribution in [0.1, 0.15) is 12.5 Å². The number of nitrogens with one attached hydrogen (secondary N) is 1. The molecule has 0 spiro atoms. The number of hydrogen-bond donors (Lipinski definition) is 2. The topological polar surface area (TPSA) is 70.2 Å². The van der Waals surface area contributed by atoms with E-state index in [9.17, 15) is 8.42 Å². The molecule has 0 saturated heterocycles. The molecule has 92 valence electrons. The fourth-order valence-electron chi connectivity index (χ4n) is 1.84. The van der Waals surface area contributed by atoms with E-state index in [0.29, 0.717) is 11.3 Å². The maximum absolute atomic E-state index is 11.8. The molecule has 2 rings (SSSR count). The molecule has 5 heteroatoms. The third kappa shape index (κ3) is 2.21. The number of benzene rings is 1. The van der Waals surface area contributed by atoms with Crippen LogP contribution in [0.15, 0.2) is 29.3 Å². The number of aliphatic hydroxyl groups is 1. The fraction of sp³-hybridized carbons (Fsp3) is 0.333. The smallest absolute Gasteiger partial charge is 0.178 e. The number of hydrogen-bond acceptors (Lipinski definition) is 3. The van der Waals surface area contributed by atoms with Crippen LogP contribution in [0.2, 0.25) is 0 Å². The molecule has 0 radical (unpaired) electrons. The second kappa shape index (κ2) is 4.50. The third-order valence-electron chi connectivity index (χ3n) is 2.86. The van der Waals surface area contributed by atoms with Gasteiger partial charge in [0, 0.05) is 23.7 Å². The minimum absolute atomic E-state index is 0.0533. The summed E-state index contributed by atoms with van der Waals surface area (Å²) in [7, 11) is -3.18. The van der Waals surface area contributed by atoms with Gasteiger partial charge in [-0.05, 0) is 30.2 Å². The first-order valence-corrected chi connectivity index (χ1v) is 7.17. The lowest BCUT2D eigenvalue weighted by atomic mass is 10.1. The number of rotatable bonds is 4. The first-order valence-electron chi connectivity index (χ1n) is 5.52. The molecule has 0 amide bonds. The van der Waals surface area contributed by atoms with Crippen LogP contribution in [0.3, 0.4) is 0 Å². The first kappa shape index (κ1) is 12.1. The summed E-state index contributed by atoms with van der Waals surface area (Å²) in [5, 5.41) is 9.81. The van der Waals surface area contributed by atoms with Crippen molar-refractivity contribution in [1.29, 1.82) is 0 Å². The Morgan fingerprint density at radius 2 is 2.12 bits per heavy atom. The van der Waals surface area contributed by atoms with Gasteiger partial charge in [0.2, 0.25) is 0 Å². The Balaban J connectivity index is 2.59. The average Bonchev–Trinajstić information content (AvgIpc) is 2.72. The van der Waals surface area contributed by atoms with Gasteiger partial charge in [0.1, 0.15) is 0 Å². The van der Waals surface area contributed by atoms with Crippen LogP contribution in [-0.2, 0) is 16.3 Å². The lowest BCUT2D eigenvalue weighted by Gasteiger charge is -2.02. The van der Waals surface area contributed by atoms with Gasteiger partial charge in [-0.15, -0.1) is 0 Å². The van der Waals surface area contributed by atoms with E-state index in [1.54, 1.807) is 25.1 Å². The molecule has 0 saturated carbocycles. The van der Waals surface area contributed by atoms with Gasteiger partial charge in [0.05, 0.1) is 10.6 Å². The summed E-state index contributed by atoms with van der Waals surface area (Å²) in [5.74, 6) is 0.0955. The van der Waals surface area contributed by atoms with E-state index in [-0.39, 0.29) is 12.4 Å². The molecule has 0 fully saturated rings. The highest BCUT2D eigenvalue weighted by Crippen LogP contribution is 2.23. The van der Waals surface area contributed by atoms with Gasteiger partial charge in [-0.2, -0.15) is 0 Å². The zero-order valence-electron chi connectivity index (χ0n) is 9.60. The normalized spacial score (nSPS) is 12.1. The summed E-state index contributed by atoms with van der Waals surface area (Å²) in [5.41, 5.74) is 1.83. The lowest BCUT2D eigenvalue weighted by Crippen LogP contribution is -2.03. The van der Waals surface area contributed by atoms with Crippen LogP contribution in [0.25, 0.3) is 10.9 Å². The van der Waals surface area contributed by atoms with Crippen molar-refractivity contribution in [3.8, 4) is 0 Å².